The SMILES string of the molecule is CC(=O)c1cn2c(cc1=O)-c1cc(Cl)c(OCCOCC(F)(F)F)cc1OCC2C(C)C. The molecular weight excluding hydrogens is 451 g/mol. The standard InChI is InChI=1S/C22H23ClF3NO5/c1-12(2)18-10-32-20-8-21(31-5-4-30-11-22(24,25)26)16(23)6-14(20)17-7-19(29)15(13(3)28)9-27(17)18/h6-9,12,18H,4-5,10-11H2,1-3H3. The van der Waals surface area contributed by atoms with E-state index in [4.69, 9.17) is 21.1 Å². The third kappa shape index (κ3) is 5.45. The summed E-state index contributed by atoms with van der Waals surface area (Å²) in [6.07, 6.45) is -2.85. The quantitative estimate of drug-likeness (QED) is 0.422. The monoisotopic (exact) mass is 473 g/mol. The van der Waals surface area contributed by atoms with Gasteiger partial charge in [-0.2, -0.15) is 13.2 Å². The van der Waals surface area contributed by atoms with Crippen molar-refractivity contribution in [1.29, 1.82) is 0 Å². The maximum Gasteiger partial charge on any atom is 0.411 e. The number of ether oxygens (including phenoxy) is 3. The van der Waals surface area contributed by atoms with E-state index in [1.807, 2.05) is 18.4 Å². The van der Waals surface area contributed by atoms with Gasteiger partial charge in [0.1, 0.15) is 31.3 Å². The minimum Gasteiger partial charge on any atom is -0.491 e. The number of carbonyl (C=O) groups excluding carboxylic acids is 1. The number of ketones is 1. The highest BCUT2D eigenvalue weighted by molar-refractivity contribution is 6.32. The fraction of sp³-hybridized carbons (Fsp3) is 0.455. The minimum absolute atomic E-state index is 0.0905. The van der Waals surface area contributed by atoms with Crippen molar-refractivity contribution in [2.45, 2.75) is 33.0 Å². The van der Waals surface area contributed by atoms with Crippen molar-refractivity contribution in [3.8, 4) is 22.8 Å². The number of rotatable bonds is 7. The molecule has 0 saturated heterocycles. The van der Waals surface area contributed by atoms with E-state index < -0.39 is 18.2 Å². The van der Waals surface area contributed by atoms with Crippen LogP contribution in [0.5, 0.6) is 11.5 Å². The number of halogens is 4. The van der Waals surface area contributed by atoms with Gasteiger partial charge in [0.2, 0.25) is 0 Å². The second-order valence-electron chi connectivity index (χ2n) is 7.82. The number of pyridine rings is 1. The molecule has 1 aromatic heterocycles. The summed E-state index contributed by atoms with van der Waals surface area (Å²) in [4.78, 5) is 24.4. The Bertz CT molecular complexity index is 1060. The van der Waals surface area contributed by atoms with Crippen molar-refractivity contribution >= 4 is 17.4 Å². The number of alkyl halides is 3. The Hall–Kier alpha value is -2.52. The molecule has 1 atom stereocenters. The molecule has 3 rings (SSSR count). The van der Waals surface area contributed by atoms with E-state index in [-0.39, 0.29) is 53.9 Å². The lowest BCUT2D eigenvalue weighted by Gasteiger charge is -2.24. The number of hydrogen-bond acceptors (Lipinski definition) is 5. The molecule has 2 aromatic rings. The fourth-order valence-corrected chi connectivity index (χ4v) is 3.66. The van der Waals surface area contributed by atoms with Crippen molar-refractivity contribution in [3.63, 3.8) is 0 Å². The van der Waals surface area contributed by atoms with E-state index in [9.17, 15) is 22.8 Å². The van der Waals surface area contributed by atoms with Gasteiger partial charge in [0.15, 0.2) is 11.2 Å². The van der Waals surface area contributed by atoms with Crippen LogP contribution in [0.4, 0.5) is 13.2 Å². The Morgan fingerprint density at radius 3 is 2.62 bits per heavy atom. The second kappa shape index (κ2) is 9.54. The lowest BCUT2D eigenvalue weighted by molar-refractivity contribution is -0.175. The average molecular weight is 474 g/mol. The van der Waals surface area contributed by atoms with Gasteiger partial charge in [0, 0.05) is 23.9 Å². The second-order valence-corrected chi connectivity index (χ2v) is 8.22. The molecule has 1 unspecified atom stereocenters. The molecule has 0 N–H and O–H groups in total. The molecule has 0 saturated carbocycles. The summed E-state index contributed by atoms with van der Waals surface area (Å²) in [5, 5.41) is 0.195. The molecule has 0 spiro atoms. The van der Waals surface area contributed by atoms with Gasteiger partial charge in [0.25, 0.3) is 0 Å². The molecule has 0 bridgehead atoms. The van der Waals surface area contributed by atoms with Gasteiger partial charge in [-0.1, -0.05) is 25.4 Å². The number of aromatic nitrogens is 1. The largest absolute Gasteiger partial charge is 0.491 e. The van der Waals surface area contributed by atoms with Gasteiger partial charge in [-0.3, -0.25) is 9.59 Å². The van der Waals surface area contributed by atoms with Crippen LogP contribution in [0.1, 0.15) is 37.2 Å². The molecule has 0 fully saturated rings. The molecule has 0 aliphatic carbocycles. The molecule has 6 nitrogen and oxygen atoms in total. The highest BCUT2D eigenvalue weighted by Crippen LogP contribution is 2.42. The van der Waals surface area contributed by atoms with Crippen LogP contribution in [0.25, 0.3) is 11.3 Å². The Balaban J connectivity index is 1.93. The lowest BCUT2D eigenvalue weighted by Crippen LogP contribution is -2.25. The molecule has 174 valence electrons. The van der Waals surface area contributed by atoms with Gasteiger partial charge in [-0.15, -0.1) is 0 Å². The number of Topliss-reactive ketones (excluding diaryl/α,β-unsaturated/α-hetero) is 1. The van der Waals surface area contributed by atoms with Gasteiger partial charge < -0.3 is 18.8 Å². The van der Waals surface area contributed by atoms with E-state index >= 15 is 0 Å². The molecule has 2 heterocycles. The van der Waals surface area contributed by atoms with Crippen molar-refractivity contribution in [2.75, 3.05) is 26.4 Å². The van der Waals surface area contributed by atoms with Crippen LogP contribution in [-0.4, -0.2) is 43.0 Å². The summed E-state index contributed by atoms with van der Waals surface area (Å²) in [6.45, 7) is 3.85. The Kier molecular flexibility index (Phi) is 7.19. The van der Waals surface area contributed by atoms with Gasteiger partial charge in [-0.25, -0.2) is 0 Å². The highest BCUT2D eigenvalue weighted by atomic mass is 35.5. The summed E-state index contributed by atoms with van der Waals surface area (Å²) in [5.41, 5.74) is 0.782. The number of hydrogen-bond donors (Lipinski definition) is 0. The number of nitrogens with zero attached hydrogens (tertiary/aromatic N) is 1. The first-order valence-corrected chi connectivity index (χ1v) is 10.4. The predicted octanol–water partition coefficient (Wildman–Crippen LogP) is 4.92. The van der Waals surface area contributed by atoms with Crippen LogP contribution in [-0.2, 0) is 4.74 Å². The van der Waals surface area contributed by atoms with Crippen LogP contribution >= 0.6 is 11.6 Å². The first-order chi connectivity index (χ1) is 15.0. The zero-order chi connectivity index (χ0) is 23.6. The topological polar surface area (TPSA) is 66.8 Å². The predicted molar refractivity (Wildman–Crippen MR) is 113 cm³/mol. The third-order valence-corrected chi connectivity index (χ3v) is 5.35. The highest BCUT2D eigenvalue weighted by Gasteiger charge is 2.28. The third-order valence-electron chi connectivity index (χ3n) is 5.06. The van der Waals surface area contributed by atoms with Crippen LogP contribution in [0.15, 0.2) is 29.2 Å². The zero-order valence-corrected chi connectivity index (χ0v) is 18.5. The summed E-state index contributed by atoms with van der Waals surface area (Å²) in [7, 11) is 0. The fourth-order valence-electron chi connectivity index (χ4n) is 3.44. The Labute approximate surface area is 187 Å². The first kappa shape index (κ1) is 24.1. The van der Waals surface area contributed by atoms with Crippen LogP contribution < -0.4 is 14.9 Å². The zero-order valence-electron chi connectivity index (χ0n) is 17.8. The first-order valence-electron chi connectivity index (χ1n) is 9.99. The van der Waals surface area contributed by atoms with Gasteiger partial charge in [0.05, 0.1) is 28.9 Å². The van der Waals surface area contributed by atoms with E-state index in [1.165, 1.54) is 19.1 Å². The normalized spacial score (nSPS) is 15.6. The van der Waals surface area contributed by atoms with Gasteiger partial charge >= 0.3 is 6.18 Å². The minimum atomic E-state index is -4.41. The number of fused-ring (bicyclic) bond motifs is 3. The van der Waals surface area contributed by atoms with Crippen molar-refractivity contribution in [2.24, 2.45) is 5.92 Å². The molecule has 10 heteroatoms. The number of carbonyl (C=O) groups is 1. The molecule has 0 amide bonds. The Morgan fingerprint density at radius 2 is 2.00 bits per heavy atom. The smallest absolute Gasteiger partial charge is 0.411 e. The lowest BCUT2D eigenvalue weighted by atomic mass is 10.0. The van der Waals surface area contributed by atoms with Gasteiger partial charge in [-0.05, 0) is 18.9 Å². The summed E-state index contributed by atoms with van der Waals surface area (Å²) < 4.78 is 54.3. The van der Waals surface area contributed by atoms with E-state index in [0.29, 0.717) is 17.0 Å². The van der Waals surface area contributed by atoms with E-state index in [0.717, 1.165) is 0 Å². The van der Waals surface area contributed by atoms with Crippen LogP contribution in [0, 0.1) is 5.92 Å². The summed E-state index contributed by atoms with van der Waals surface area (Å²) in [5.74, 6) is 0.431. The van der Waals surface area contributed by atoms with Crippen molar-refractivity contribution in [1.82, 2.24) is 4.57 Å². The maximum atomic E-state index is 12.5. The van der Waals surface area contributed by atoms with E-state index in [2.05, 4.69) is 4.74 Å². The van der Waals surface area contributed by atoms with Crippen molar-refractivity contribution in [3.05, 3.63) is 45.2 Å². The molecule has 1 aliphatic rings. The molecule has 1 aromatic carbocycles. The molecular formula is C22H23ClF3NO5. The Morgan fingerprint density at radius 1 is 1.28 bits per heavy atom. The number of benzene rings is 1. The van der Waals surface area contributed by atoms with Crippen LogP contribution in [0.2, 0.25) is 5.02 Å². The van der Waals surface area contributed by atoms with Crippen molar-refractivity contribution < 1.29 is 32.2 Å². The molecule has 32 heavy (non-hydrogen) atoms. The maximum absolute atomic E-state index is 12.5. The average Bonchev–Trinajstić information content (AvgIpc) is 2.82. The van der Waals surface area contributed by atoms with Crippen LogP contribution in [0.3, 0.4) is 0 Å². The molecule has 0 radical (unpaired) electrons. The summed E-state index contributed by atoms with van der Waals surface area (Å²) in [6, 6.07) is 4.35. The van der Waals surface area contributed by atoms with E-state index in [1.54, 1.807) is 12.3 Å². The summed E-state index contributed by atoms with van der Waals surface area (Å²) >= 11 is 6.34. The molecule has 1 aliphatic heterocycles.